The first-order chi connectivity index (χ1) is 6.83. The van der Waals surface area contributed by atoms with Crippen LogP contribution in [0.2, 0.25) is 0 Å². The van der Waals surface area contributed by atoms with Crippen LogP contribution >= 0.6 is 0 Å². The van der Waals surface area contributed by atoms with Gasteiger partial charge >= 0.3 is 0 Å². The molecule has 1 heterocycles. The number of nitrogens with zero attached hydrogens (tertiary/aromatic N) is 1. The highest BCUT2D eigenvalue weighted by Gasteiger charge is 1.99. The lowest BCUT2D eigenvalue weighted by Crippen LogP contribution is -2.28. The first-order valence-electron chi connectivity index (χ1n) is 4.69. The van der Waals surface area contributed by atoms with Crippen LogP contribution in [0.5, 0.6) is 0 Å². The van der Waals surface area contributed by atoms with Crippen molar-refractivity contribution in [1.82, 2.24) is 9.88 Å². The van der Waals surface area contributed by atoms with Crippen molar-refractivity contribution in [2.45, 2.75) is 13.0 Å². The van der Waals surface area contributed by atoms with E-state index in [1.165, 1.54) is 0 Å². The van der Waals surface area contributed by atoms with Gasteiger partial charge in [-0.1, -0.05) is 0 Å². The van der Waals surface area contributed by atoms with E-state index in [4.69, 9.17) is 4.74 Å². The van der Waals surface area contributed by atoms with Gasteiger partial charge in [-0.3, -0.25) is 4.79 Å². The number of carbonyl (C=O) groups excluding carboxylic acids is 1. The minimum atomic E-state index is 0.0392. The Bertz CT molecular complexity index is 257. The van der Waals surface area contributed by atoms with Crippen LogP contribution in [0.25, 0.3) is 0 Å². The summed E-state index contributed by atoms with van der Waals surface area (Å²) in [7, 11) is 1.65. The number of nitrogens with one attached hydrogen (secondary N) is 1. The number of carbonyl (C=O) groups is 1. The summed E-state index contributed by atoms with van der Waals surface area (Å²) in [6.45, 7) is 1.75. The zero-order chi connectivity index (χ0) is 10.2. The fourth-order valence-electron chi connectivity index (χ4n) is 1.14. The van der Waals surface area contributed by atoms with E-state index < -0.39 is 0 Å². The molecule has 0 saturated carbocycles. The van der Waals surface area contributed by atoms with E-state index in [9.17, 15) is 4.79 Å². The predicted octanol–water partition coefficient (Wildman–Crippen LogP) is 0.641. The molecule has 1 N–H and O–H groups in total. The first-order valence-corrected chi connectivity index (χ1v) is 4.69. The second kappa shape index (κ2) is 6.21. The van der Waals surface area contributed by atoms with Crippen molar-refractivity contribution in [1.29, 1.82) is 0 Å². The van der Waals surface area contributed by atoms with E-state index in [0.717, 1.165) is 6.42 Å². The molecule has 1 rings (SSSR count). The predicted molar refractivity (Wildman–Crippen MR) is 53.9 cm³/mol. The number of hydrogen-bond donors (Lipinski definition) is 1. The molecule has 0 radical (unpaired) electrons. The standard InChI is InChI=1S/C10H16N2O2/c1-14-8-4-5-11-10(13)9-12-6-2-3-7-12/h2-3,6-7H,4-5,8-9H2,1H3,(H,11,13). The lowest BCUT2D eigenvalue weighted by molar-refractivity contribution is -0.121. The molecule has 0 aliphatic heterocycles. The van der Waals surface area contributed by atoms with Crippen LogP contribution in [0.15, 0.2) is 24.5 Å². The first kappa shape index (κ1) is 10.8. The molecule has 1 amide bonds. The molecule has 0 atom stereocenters. The Morgan fingerprint density at radius 2 is 2.14 bits per heavy atom. The molecule has 0 aromatic carbocycles. The van der Waals surface area contributed by atoms with E-state index >= 15 is 0 Å². The van der Waals surface area contributed by atoms with Crippen LogP contribution in [-0.4, -0.2) is 30.7 Å². The molecular weight excluding hydrogens is 180 g/mol. The molecule has 0 spiro atoms. The quantitative estimate of drug-likeness (QED) is 0.678. The normalized spacial score (nSPS) is 10.1. The average Bonchev–Trinajstić information content (AvgIpc) is 2.65. The monoisotopic (exact) mass is 196 g/mol. The van der Waals surface area contributed by atoms with Gasteiger partial charge in [-0.15, -0.1) is 0 Å². The lowest BCUT2D eigenvalue weighted by Gasteiger charge is -2.05. The van der Waals surface area contributed by atoms with E-state index in [1.54, 1.807) is 7.11 Å². The molecule has 0 saturated heterocycles. The van der Waals surface area contributed by atoms with Gasteiger partial charge in [0.15, 0.2) is 0 Å². The van der Waals surface area contributed by atoms with Gasteiger partial charge in [0, 0.05) is 32.7 Å². The molecule has 0 aliphatic carbocycles. The third kappa shape index (κ3) is 4.09. The molecule has 1 aromatic rings. The van der Waals surface area contributed by atoms with Crippen LogP contribution < -0.4 is 5.32 Å². The molecule has 78 valence electrons. The van der Waals surface area contributed by atoms with Crippen molar-refractivity contribution in [3.8, 4) is 0 Å². The zero-order valence-electron chi connectivity index (χ0n) is 8.40. The summed E-state index contributed by atoms with van der Waals surface area (Å²) in [6.07, 6.45) is 4.59. The van der Waals surface area contributed by atoms with Crippen LogP contribution in [0.4, 0.5) is 0 Å². The summed E-state index contributed by atoms with van der Waals surface area (Å²) in [5.74, 6) is 0.0392. The van der Waals surface area contributed by atoms with Gasteiger partial charge in [-0.2, -0.15) is 0 Å². The molecule has 0 aliphatic rings. The molecule has 4 nitrogen and oxygen atoms in total. The van der Waals surface area contributed by atoms with Crippen molar-refractivity contribution in [2.75, 3.05) is 20.3 Å². The maximum atomic E-state index is 11.3. The maximum Gasteiger partial charge on any atom is 0.239 e. The molecule has 0 fully saturated rings. The molecule has 0 unspecified atom stereocenters. The third-order valence-electron chi connectivity index (χ3n) is 1.84. The zero-order valence-corrected chi connectivity index (χ0v) is 8.40. The topological polar surface area (TPSA) is 43.3 Å². The maximum absolute atomic E-state index is 11.3. The largest absolute Gasteiger partial charge is 0.385 e. The van der Waals surface area contributed by atoms with Crippen LogP contribution in [0.1, 0.15) is 6.42 Å². The van der Waals surface area contributed by atoms with E-state index in [1.807, 2.05) is 29.1 Å². The summed E-state index contributed by atoms with van der Waals surface area (Å²) in [5, 5.41) is 2.82. The number of amides is 1. The Morgan fingerprint density at radius 1 is 1.43 bits per heavy atom. The number of ether oxygens (including phenoxy) is 1. The Kier molecular flexibility index (Phi) is 4.78. The highest BCUT2D eigenvalue weighted by atomic mass is 16.5. The smallest absolute Gasteiger partial charge is 0.239 e. The molecule has 14 heavy (non-hydrogen) atoms. The number of aromatic nitrogens is 1. The van der Waals surface area contributed by atoms with Gasteiger partial charge in [0.05, 0.1) is 0 Å². The Labute approximate surface area is 83.9 Å². The number of hydrogen-bond acceptors (Lipinski definition) is 2. The molecule has 4 heteroatoms. The minimum absolute atomic E-state index is 0.0392. The van der Waals surface area contributed by atoms with Gasteiger partial charge in [-0.05, 0) is 18.6 Å². The molecular formula is C10H16N2O2. The second-order valence-corrected chi connectivity index (χ2v) is 3.05. The van der Waals surface area contributed by atoms with Gasteiger partial charge in [0.1, 0.15) is 6.54 Å². The lowest BCUT2D eigenvalue weighted by atomic mass is 10.4. The van der Waals surface area contributed by atoms with Crippen molar-refractivity contribution in [2.24, 2.45) is 0 Å². The van der Waals surface area contributed by atoms with E-state index in [2.05, 4.69) is 5.32 Å². The SMILES string of the molecule is COCCCNC(=O)Cn1cccc1. The van der Waals surface area contributed by atoms with Crippen molar-refractivity contribution >= 4 is 5.91 Å². The number of methoxy groups -OCH3 is 1. The number of rotatable bonds is 6. The molecule has 0 bridgehead atoms. The highest BCUT2D eigenvalue weighted by molar-refractivity contribution is 5.75. The van der Waals surface area contributed by atoms with Crippen molar-refractivity contribution in [3.63, 3.8) is 0 Å². The Hall–Kier alpha value is -1.29. The van der Waals surface area contributed by atoms with Crippen LogP contribution in [-0.2, 0) is 16.1 Å². The van der Waals surface area contributed by atoms with Gasteiger partial charge < -0.3 is 14.6 Å². The fraction of sp³-hybridized carbons (Fsp3) is 0.500. The highest BCUT2D eigenvalue weighted by Crippen LogP contribution is 1.89. The van der Waals surface area contributed by atoms with Gasteiger partial charge in [0.25, 0.3) is 0 Å². The summed E-state index contributed by atoms with van der Waals surface area (Å²) < 4.78 is 6.71. The van der Waals surface area contributed by atoms with Crippen LogP contribution in [0.3, 0.4) is 0 Å². The summed E-state index contributed by atoms with van der Waals surface area (Å²) in [5.41, 5.74) is 0. The van der Waals surface area contributed by atoms with E-state index in [-0.39, 0.29) is 5.91 Å². The second-order valence-electron chi connectivity index (χ2n) is 3.05. The van der Waals surface area contributed by atoms with Gasteiger partial charge in [-0.25, -0.2) is 0 Å². The molecule has 1 aromatic heterocycles. The third-order valence-corrected chi connectivity index (χ3v) is 1.84. The van der Waals surface area contributed by atoms with Crippen molar-refractivity contribution in [3.05, 3.63) is 24.5 Å². The summed E-state index contributed by atoms with van der Waals surface area (Å²) >= 11 is 0. The summed E-state index contributed by atoms with van der Waals surface area (Å²) in [6, 6.07) is 3.80. The Balaban J connectivity index is 2.11. The average molecular weight is 196 g/mol. The Morgan fingerprint density at radius 3 is 2.79 bits per heavy atom. The fourth-order valence-corrected chi connectivity index (χ4v) is 1.14. The van der Waals surface area contributed by atoms with Crippen molar-refractivity contribution < 1.29 is 9.53 Å². The van der Waals surface area contributed by atoms with E-state index in [0.29, 0.717) is 19.7 Å². The minimum Gasteiger partial charge on any atom is -0.385 e. The van der Waals surface area contributed by atoms with Crippen LogP contribution in [0, 0.1) is 0 Å². The summed E-state index contributed by atoms with van der Waals surface area (Å²) in [4.78, 5) is 11.3. The van der Waals surface area contributed by atoms with Gasteiger partial charge in [0.2, 0.25) is 5.91 Å².